The maximum atomic E-state index is 8.96. The second kappa shape index (κ2) is 9.83. The summed E-state index contributed by atoms with van der Waals surface area (Å²) in [5, 5.41) is 0. The van der Waals surface area contributed by atoms with Crippen molar-refractivity contribution in [1.82, 2.24) is 0 Å². The zero-order valence-corrected chi connectivity index (χ0v) is 10.2. The van der Waals surface area contributed by atoms with E-state index >= 15 is 0 Å². The van der Waals surface area contributed by atoms with Gasteiger partial charge in [0.15, 0.2) is 0 Å². The Labute approximate surface area is 93.0 Å². The van der Waals surface area contributed by atoms with Crippen LogP contribution in [0.3, 0.4) is 0 Å². The Morgan fingerprint density at radius 2 is 1.86 bits per heavy atom. The summed E-state index contributed by atoms with van der Waals surface area (Å²) in [5.41, 5.74) is 5.45. The van der Waals surface area contributed by atoms with Crippen molar-refractivity contribution in [3.8, 4) is 0 Å². The molecule has 1 fully saturated rings. The minimum absolute atomic E-state index is 0.885. The second-order valence-electron chi connectivity index (χ2n) is 3.67. The van der Waals surface area contributed by atoms with Gasteiger partial charge in [0.1, 0.15) is 9.64 Å². The van der Waals surface area contributed by atoms with E-state index in [1.807, 2.05) is 0 Å². The van der Waals surface area contributed by atoms with Gasteiger partial charge in [-0.1, -0.05) is 32.1 Å². The Morgan fingerprint density at radius 3 is 2.29 bits per heavy atom. The molecule has 0 aromatic carbocycles. The van der Waals surface area contributed by atoms with Gasteiger partial charge in [0, 0.05) is 11.2 Å². The monoisotopic (exact) mass is 239 g/mol. The van der Waals surface area contributed by atoms with Crippen LogP contribution >= 0.6 is 0 Å². The lowest BCUT2D eigenvalue weighted by atomic mass is 9.86. The van der Waals surface area contributed by atoms with Crippen LogP contribution in [0.2, 0.25) is 0 Å². The van der Waals surface area contributed by atoms with Gasteiger partial charge in [-0.25, -0.2) is 4.21 Å². The molecule has 3 N–H and O–H groups in total. The van der Waals surface area contributed by atoms with Crippen LogP contribution in [-0.4, -0.2) is 15.3 Å². The van der Waals surface area contributed by atoms with Gasteiger partial charge in [0.05, 0.1) is 0 Å². The van der Waals surface area contributed by atoms with E-state index in [2.05, 4.69) is 11.2 Å². The van der Waals surface area contributed by atoms with Crippen LogP contribution in [0.15, 0.2) is 0 Å². The fourth-order valence-electron chi connectivity index (χ4n) is 1.88. The van der Waals surface area contributed by atoms with Crippen molar-refractivity contribution in [1.29, 1.82) is 0 Å². The molecule has 1 atom stereocenters. The standard InChI is InChI=1S/C9H19N.H2O2S2/c10-8-4-7-9-5-2-1-3-6-9;1-4(2)3/h9H,1-8,10H2;4H,(H,1,2,3). The number of hydrogen-bond donors (Lipinski definition) is 3. The molecule has 0 aromatic rings. The highest BCUT2D eigenvalue weighted by molar-refractivity contribution is 8.18. The molecule has 0 heterocycles. The van der Waals surface area contributed by atoms with Gasteiger partial charge >= 0.3 is 0 Å². The maximum Gasteiger partial charge on any atom is 0.130 e. The van der Waals surface area contributed by atoms with E-state index in [0.29, 0.717) is 0 Å². The van der Waals surface area contributed by atoms with Crippen LogP contribution < -0.4 is 5.73 Å². The second-order valence-corrected chi connectivity index (χ2v) is 5.09. The first kappa shape index (κ1) is 14.3. The van der Waals surface area contributed by atoms with Crippen molar-refractivity contribution in [2.45, 2.75) is 44.9 Å². The van der Waals surface area contributed by atoms with E-state index in [9.17, 15) is 0 Å². The largest absolute Gasteiger partial charge is 0.330 e. The summed E-state index contributed by atoms with van der Waals surface area (Å²) in [6.45, 7) is 0.885. The first-order chi connectivity index (χ1) is 6.66. The van der Waals surface area contributed by atoms with E-state index in [1.54, 1.807) is 0 Å². The van der Waals surface area contributed by atoms with E-state index < -0.39 is 9.64 Å². The molecule has 0 radical (unpaired) electrons. The maximum absolute atomic E-state index is 8.96. The quantitative estimate of drug-likeness (QED) is 0.656. The summed E-state index contributed by atoms with van der Waals surface area (Å²) in [6.07, 6.45) is 9.98. The Bertz CT molecular complexity index is 181. The predicted octanol–water partition coefficient (Wildman–Crippen LogP) is 1.71. The van der Waals surface area contributed by atoms with Gasteiger partial charge < -0.3 is 10.3 Å². The average molecular weight is 239 g/mol. The van der Waals surface area contributed by atoms with Crippen LogP contribution in [0.4, 0.5) is 0 Å². The molecule has 14 heavy (non-hydrogen) atoms. The minimum atomic E-state index is -2.29. The summed E-state index contributed by atoms with van der Waals surface area (Å²) in [6, 6.07) is 0. The number of rotatable bonds is 3. The molecule has 0 aromatic heterocycles. The minimum Gasteiger partial charge on any atom is -0.330 e. The molecule has 0 saturated heterocycles. The highest BCUT2D eigenvalue weighted by Crippen LogP contribution is 2.26. The Kier molecular flexibility index (Phi) is 10.0. The molecular formula is C9H21NO2S2. The lowest BCUT2D eigenvalue weighted by Crippen LogP contribution is -2.08. The molecule has 0 spiro atoms. The molecule has 0 amide bonds. The van der Waals surface area contributed by atoms with Crippen molar-refractivity contribution in [2.75, 3.05) is 6.54 Å². The summed E-state index contributed by atoms with van der Waals surface area (Å²) in [7, 11) is -2.29. The summed E-state index contributed by atoms with van der Waals surface area (Å²) in [5.74, 6) is 1.03. The van der Waals surface area contributed by atoms with Gasteiger partial charge in [-0.15, -0.1) is 0 Å². The zero-order chi connectivity index (χ0) is 10.8. The molecule has 5 heteroatoms. The smallest absolute Gasteiger partial charge is 0.130 e. The Morgan fingerprint density at radius 1 is 1.36 bits per heavy atom. The normalized spacial score (nSPS) is 19.6. The first-order valence-electron chi connectivity index (χ1n) is 5.20. The molecule has 1 rings (SSSR count). The lowest BCUT2D eigenvalue weighted by Gasteiger charge is -2.20. The van der Waals surface area contributed by atoms with Gasteiger partial charge in [0.25, 0.3) is 0 Å². The number of thiol groups is 1. The fraction of sp³-hybridized carbons (Fsp3) is 1.00. The van der Waals surface area contributed by atoms with Gasteiger partial charge in [0.2, 0.25) is 0 Å². The molecule has 0 bridgehead atoms. The third kappa shape index (κ3) is 10.4. The molecule has 1 aliphatic rings. The molecule has 3 nitrogen and oxygen atoms in total. The summed E-state index contributed by atoms with van der Waals surface area (Å²) < 4.78 is 16.3. The lowest BCUT2D eigenvalue weighted by molar-refractivity contribution is 0.334. The van der Waals surface area contributed by atoms with Crippen LogP contribution in [0.5, 0.6) is 0 Å². The highest BCUT2D eigenvalue weighted by atomic mass is 32.8. The average Bonchev–Trinajstić information content (AvgIpc) is 2.15. The third-order valence-corrected chi connectivity index (χ3v) is 2.54. The Balaban J connectivity index is 0.000000364. The van der Waals surface area contributed by atoms with Crippen LogP contribution in [0, 0.1) is 5.92 Å². The van der Waals surface area contributed by atoms with Crippen molar-refractivity contribution < 1.29 is 8.76 Å². The van der Waals surface area contributed by atoms with Crippen molar-refractivity contribution in [3.63, 3.8) is 0 Å². The highest BCUT2D eigenvalue weighted by Gasteiger charge is 2.11. The van der Waals surface area contributed by atoms with E-state index in [4.69, 9.17) is 14.5 Å². The molecule has 86 valence electrons. The van der Waals surface area contributed by atoms with E-state index in [0.717, 1.165) is 12.5 Å². The molecule has 1 saturated carbocycles. The fourth-order valence-corrected chi connectivity index (χ4v) is 1.88. The van der Waals surface area contributed by atoms with Crippen LogP contribution in [0.25, 0.3) is 0 Å². The molecule has 1 unspecified atom stereocenters. The van der Waals surface area contributed by atoms with Crippen molar-refractivity contribution in [3.05, 3.63) is 0 Å². The van der Waals surface area contributed by atoms with Crippen molar-refractivity contribution >= 4 is 20.8 Å². The van der Waals surface area contributed by atoms with E-state index in [-0.39, 0.29) is 0 Å². The zero-order valence-electron chi connectivity index (χ0n) is 8.52. The topological polar surface area (TPSA) is 63.3 Å². The summed E-state index contributed by atoms with van der Waals surface area (Å²) >= 11 is 3.69. The number of hydrogen-bond acceptors (Lipinski definition) is 3. The molecular weight excluding hydrogens is 218 g/mol. The summed E-state index contributed by atoms with van der Waals surface area (Å²) in [4.78, 5) is 0. The van der Waals surface area contributed by atoms with Crippen molar-refractivity contribution in [2.24, 2.45) is 11.7 Å². The molecule has 1 aliphatic carbocycles. The molecule has 0 aliphatic heterocycles. The van der Waals surface area contributed by atoms with Gasteiger partial charge in [-0.2, -0.15) is 0 Å². The van der Waals surface area contributed by atoms with Gasteiger partial charge in [-0.05, 0) is 25.3 Å². The Hall–Kier alpha value is 0.290. The van der Waals surface area contributed by atoms with Crippen LogP contribution in [-0.2, 0) is 20.8 Å². The van der Waals surface area contributed by atoms with Gasteiger partial charge in [-0.3, -0.25) is 0 Å². The predicted molar refractivity (Wildman–Crippen MR) is 64.4 cm³/mol. The van der Waals surface area contributed by atoms with Crippen LogP contribution in [0.1, 0.15) is 44.9 Å². The van der Waals surface area contributed by atoms with E-state index in [1.165, 1.54) is 44.9 Å². The number of nitrogens with two attached hydrogens (primary N) is 1. The first-order valence-corrected chi connectivity index (χ1v) is 7.42. The SMILES string of the molecule is NCCCC1CCCCC1.O=[SH](O)=S. The third-order valence-electron chi connectivity index (χ3n) is 2.54.